The minimum atomic E-state index is -0.268. The van der Waals surface area contributed by atoms with Gasteiger partial charge in [-0.25, -0.2) is 4.39 Å². The SMILES string of the molecule is Cc1nnc2ccc(C(=O)N[C@@H](c3ccc(F)cc3)C3CCC3)cn12. The maximum atomic E-state index is 13.2. The Kier molecular flexibility index (Phi) is 3.95. The van der Waals surface area contributed by atoms with E-state index in [-0.39, 0.29) is 17.8 Å². The van der Waals surface area contributed by atoms with Gasteiger partial charge in [0.25, 0.3) is 5.91 Å². The average molecular weight is 338 g/mol. The second kappa shape index (κ2) is 6.27. The van der Waals surface area contributed by atoms with Crippen molar-refractivity contribution < 1.29 is 9.18 Å². The molecular formula is C19H19FN4O. The van der Waals surface area contributed by atoms with Gasteiger partial charge in [-0.05, 0) is 55.5 Å². The fourth-order valence-electron chi connectivity index (χ4n) is 3.28. The van der Waals surface area contributed by atoms with Crippen molar-refractivity contribution in [1.29, 1.82) is 0 Å². The van der Waals surface area contributed by atoms with Crippen LogP contribution in [0.4, 0.5) is 4.39 Å². The van der Waals surface area contributed by atoms with Gasteiger partial charge >= 0.3 is 0 Å². The molecular weight excluding hydrogens is 319 g/mol. The lowest BCUT2D eigenvalue weighted by atomic mass is 9.77. The van der Waals surface area contributed by atoms with Gasteiger partial charge < -0.3 is 5.32 Å². The molecule has 3 aromatic rings. The normalized spacial score (nSPS) is 15.8. The second-order valence-corrected chi connectivity index (χ2v) is 6.59. The van der Waals surface area contributed by atoms with E-state index in [1.54, 1.807) is 34.9 Å². The van der Waals surface area contributed by atoms with Crippen LogP contribution in [0.25, 0.3) is 5.65 Å². The largest absolute Gasteiger partial charge is 0.345 e. The summed E-state index contributed by atoms with van der Waals surface area (Å²) in [7, 11) is 0. The zero-order chi connectivity index (χ0) is 17.4. The third kappa shape index (κ3) is 2.99. The molecule has 1 fully saturated rings. The summed E-state index contributed by atoms with van der Waals surface area (Å²) < 4.78 is 15.0. The molecule has 0 radical (unpaired) electrons. The second-order valence-electron chi connectivity index (χ2n) is 6.59. The maximum Gasteiger partial charge on any atom is 0.253 e. The lowest BCUT2D eigenvalue weighted by molar-refractivity contribution is 0.0900. The molecule has 6 heteroatoms. The molecule has 0 spiro atoms. The summed E-state index contributed by atoms with van der Waals surface area (Å²) in [5.41, 5.74) is 2.21. The van der Waals surface area contributed by atoms with Gasteiger partial charge in [0.05, 0.1) is 11.6 Å². The number of hydrogen-bond acceptors (Lipinski definition) is 3. The minimum absolute atomic E-state index is 0.0976. The smallest absolute Gasteiger partial charge is 0.253 e. The lowest BCUT2D eigenvalue weighted by Crippen LogP contribution is -2.36. The van der Waals surface area contributed by atoms with E-state index in [4.69, 9.17) is 0 Å². The van der Waals surface area contributed by atoms with Gasteiger partial charge in [0, 0.05) is 6.20 Å². The number of rotatable bonds is 4. The Hall–Kier alpha value is -2.76. The summed E-state index contributed by atoms with van der Waals surface area (Å²) in [6.07, 6.45) is 5.07. The van der Waals surface area contributed by atoms with Crippen LogP contribution in [0.15, 0.2) is 42.6 Å². The number of hydrogen-bond donors (Lipinski definition) is 1. The van der Waals surface area contributed by atoms with E-state index < -0.39 is 0 Å². The highest BCUT2D eigenvalue weighted by atomic mass is 19.1. The highest BCUT2D eigenvalue weighted by molar-refractivity contribution is 5.94. The van der Waals surface area contributed by atoms with Crippen LogP contribution in [-0.4, -0.2) is 20.5 Å². The Bertz CT molecular complexity index is 915. The predicted octanol–water partition coefficient (Wildman–Crippen LogP) is 3.45. The number of aromatic nitrogens is 3. The molecule has 1 aromatic carbocycles. The van der Waals surface area contributed by atoms with Crippen molar-refractivity contribution in [2.45, 2.75) is 32.2 Å². The number of amides is 1. The summed E-state index contributed by atoms with van der Waals surface area (Å²) in [4.78, 5) is 12.8. The molecule has 0 aliphatic heterocycles. The molecule has 1 saturated carbocycles. The van der Waals surface area contributed by atoms with Crippen LogP contribution in [0, 0.1) is 18.7 Å². The van der Waals surface area contributed by atoms with Gasteiger partial charge in [-0.1, -0.05) is 18.6 Å². The third-order valence-electron chi connectivity index (χ3n) is 4.97. The third-order valence-corrected chi connectivity index (χ3v) is 4.97. The van der Waals surface area contributed by atoms with Gasteiger partial charge in [0.15, 0.2) is 5.65 Å². The average Bonchev–Trinajstić information content (AvgIpc) is 2.94. The van der Waals surface area contributed by atoms with Gasteiger partial charge in [-0.2, -0.15) is 0 Å². The van der Waals surface area contributed by atoms with Crippen molar-refractivity contribution in [3.05, 3.63) is 65.4 Å². The van der Waals surface area contributed by atoms with Crippen molar-refractivity contribution in [1.82, 2.24) is 19.9 Å². The first-order valence-electron chi connectivity index (χ1n) is 8.49. The number of pyridine rings is 1. The maximum absolute atomic E-state index is 13.2. The van der Waals surface area contributed by atoms with E-state index in [0.29, 0.717) is 17.1 Å². The van der Waals surface area contributed by atoms with Crippen LogP contribution in [0.1, 0.15) is 47.1 Å². The molecule has 5 nitrogen and oxygen atoms in total. The standard InChI is InChI=1S/C19H19FN4O/c1-12-22-23-17-10-7-15(11-24(12)17)19(25)21-18(13-3-2-4-13)14-5-8-16(20)9-6-14/h5-11,13,18H,2-4H2,1H3,(H,21,25)/t18-/m1/s1. The summed E-state index contributed by atoms with van der Waals surface area (Å²) in [5.74, 6) is 0.723. The zero-order valence-electron chi connectivity index (χ0n) is 13.9. The molecule has 1 amide bonds. The van der Waals surface area contributed by atoms with Crippen molar-refractivity contribution in [2.75, 3.05) is 0 Å². The minimum Gasteiger partial charge on any atom is -0.345 e. The summed E-state index contributed by atoms with van der Waals surface area (Å²) in [6.45, 7) is 1.84. The molecule has 25 heavy (non-hydrogen) atoms. The van der Waals surface area contributed by atoms with Gasteiger partial charge in [0.1, 0.15) is 11.6 Å². The Labute approximate surface area is 144 Å². The van der Waals surface area contributed by atoms with Gasteiger partial charge in [-0.15, -0.1) is 10.2 Å². The van der Waals surface area contributed by atoms with E-state index in [1.807, 2.05) is 6.92 Å². The number of aryl methyl sites for hydroxylation is 1. The fraction of sp³-hybridized carbons (Fsp3) is 0.316. The van der Waals surface area contributed by atoms with Crippen molar-refractivity contribution >= 4 is 11.6 Å². The van der Waals surface area contributed by atoms with Crippen molar-refractivity contribution in [2.24, 2.45) is 5.92 Å². The van der Waals surface area contributed by atoms with E-state index in [9.17, 15) is 9.18 Å². The van der Waals surface area contributed by atoms with Crippen LogP contribution >= 0.6 is 0 Å². The van der Waals surface area contributed by atoms with Crippen LogP contribution in [0.3, 0.4) is 0 Å². The summed E-state index contributed by atoms with van der Waals surface area (Å²) >= 11 is 0. The number of fused-ring (bicyclic) bond motifs is 1. The van der Waals surface area contributed by atoms with Crippen molar-refractivity contribution in [3.8, 4) is 0 Å². The quantitative estimate of drug-likeness (QED) is 0.793. The first-order valence-corrected chi connectivity index (χ1v) is 8.49. The molecule has 0 bridgehead atoms. The fourth-order valence-corrected chi connectivity index (χ4v) is 3.28. The number of carbonyl (C=O) groups is 1. The predicted molar refractivity (Wildman–Crippen MR) is 91.7 cm³/mol. The summed E-state index contributed by atoms with van der Waals surface area (Å²) in [5, 5.41) is 11.2. The Balaban J connectivity index is 1.60. The molecule has 0 unspecified atom stereocenters. The molecule has 1 aliphatic carbocycles. The lowest BCUT2D eigenvalue weighted by Gasteiger charge is -2.34. The van der Waals surface area contributed by atoms with Gasteiger partial charge in [-0.3, -0.25) is 9.20 Å². The van der Waals surface area contributed by atoms with Crippen LogP contribution < -0.4 is 5.32 Å². The Morgan fingerprint density at radius 3 is 2.64 bits per heavy atom. The molecule has 1 aliphatic rings. The molecule has 4 rings (SSSR count). The topological polar surface area (TPSA) is 59.3 Å². The van der Waals surface area contributed by atoms with Crippen LogP contribution in [0.2, 0.25) is 0 Å². The highest BCUT2D eigenvalue weighted by Crippen LogP contribution is 2.37. The van der Waals surface area contributed by atoms with Crippen LogP contribution in [-0.2, 0) is 0 Å². The molecule has 1 atom stereocenters. The number of halogens is 1. The van der Waals surface area contributed by atoms with E-state index in [0.717, 1.165) is 24.2 Å². The van der Waals surface area contributed by atoms with E-state index >= 15 is 0 Å². The van der Waals surface area contributed by atoms with E-state index in [1.165, 1.54) is 18.6 Å². The first kappa shape index (κ1) is 15.7. The summed E-state index contributed by atoms with van der Waals surface area (Å²) in [6, 6.07) is 9.84. The highest BCUT2D eigenvalue weighted by Gasteiger charge is 2.30. The Morgan fingerprint density at radius 1 is 1.20 bits per heavy atom. The van der Waals surface area contributed by atoms with Crippen LogP contribution in [0.5, 0.6) is 0 Å². The number of nitrogens with zero attached hydrogens (tertiary/aromatic N) is 3. The number of nitrogens with one attached hydrogen (secondary N) is 1. The first-order chi connectivity index (χ1) is 12.1. The Morgan fingerprint density at radius 2 is 1.96 bits per heavy atom. The van der Waals surface area contributed by atoms with E-state index in [2.05, 4.69) is 15.5 Å². The molecule has 2 heterocycles. The zero-order valence-corrected chi connectivity index (χ0v) is 13.9. The molecule has 0 saturated heterocycles. The van der Waals surface area contributed by atoms with Crippen molar-refractivity contribution in [3.63, 3.8) is 0 Å². The molecule has 128 valence electrons. The van der Waals surface area contributed by atoms with Gasteiger partial charge in [0.2, 0.25) is 0 Å². The monoisotopic (exact) mass is 338 g/mol. The number of benzene rings is 1. The molecule has 2 aromatic heterocycles. The number of carbonyl (C=O) groups excluding carboxylic acids is 1. The molecule has 1 N–H and O–H groups in total.